The van der Waals surface area contributed by atoms with Crippen molar-refractivity contribution < 1.29 is 38.4 Å². The van der Waals surface area contributed by atoms with E-state index in [0.717, 1.165) is 0 Å². The third kappa shape index (κ3) is 3.34. The normalized spacial score (nSPS) is 10.7. The van der Waals surface area contributed by atoms with Crippen molar-refractivity contribution in [3.8, 4) is 39.9 Å². The van der Waals surface area contributed by atoms with Gasteiger partial charge in [0.05, 0.1) is 45.8 Å². The molecule has 0 amide bonds. The first-order chi connectivity index (χ1) is 14.4. The Morgan fingerprint density at radius 2 is 1.53 bits per heavy atom. The minimum Gasteiger partial charge on any atom is -0.502 e. The molecule has 0 unspecified atom stereocenters. The van der Waals surface area contributed by atoms with E-state index < -0.39 is 18.0 Å². The maximum absolute atomic E-state index is 12.8. The highest BCUT2D eigenvalue weighted by Gasteiger charge is 2.29. The summed E-state index contributed by atoms with van der Waals surface area (Å²) < 4.78 is 26.5. The lowest BCUT2D eigenvalue weighted by molar-refractivity contribution is -0.136. The number of carboxylic acid groups (broad SMARTS) is 1. The van der Waals surface area contributed by atoms with Crippen LogP contribution in [0.3, 0.4) is 0 Å². The molecule has 9 nitrogen and oxygen atoms in total. The van der Waals surface area contributed by atoms with Crippen LogP contribution in [0.25, 0.3) is 22.1 Å². The Labute approximate surface area is 171 Å². The van der Waals surface area contributed by atoms with Gasteiger partial charge in [0.2, 0.25) is 17.2 Å². The summed E-state index contributed by atoms with van der Waals surface area (Å²) >= 11 is 0. The lowest BCUT2D eigenvalue weighted by Crippen LogP contribution is -2.15. The molecule has 1 heterocycles. The average Bonchev–Trinajstić information content (AvgIpc) is 2.74. The number of ether oxygens (including phenoxy) is 4. The maximum atomic E-state index is 12.8. The van der Waals surface area contributed by atoms with E-state index in [0.29, 0.717) is 11.3 Å². The third-order valence-electron chi connectivity index (χ3n) is 4.61. The summed E-state index contributed by atoms with van der Waals surface area (Å²) in [7, 11) is 5.46. The van der Waals surface area contributed by atoms with Gasteiger partial charge >= 0.3 is 11.6 Å². The van der Waals surface area contributed by atoms with E-state index in [9.17, 15) is 19.8 Å². The minimum atomic E-state index is -1.22. The average molecular weight is 416 g/mol. The number of hydrogen-bond donors (Lipinski definition) is 2. The second-order valence-corrected chi connectivity index (χ2v) is 6.19. The lowest BCUT2D eigenvalue weighted by atomic mass is 9.94. The van der Waals surface area contributed by atoms with E-state index in [1.54, 1.807) is 24.3 Å². The molecule has 0 saturated heterocycles. The van der Waals surface area contributed by atoms with Crippen LogP contribution < -0.4 is 24.6 Å². The highest BCUT2D eigenvalue weighted by molar-refractivity contribution is 6.05. The van der Waals surface area contributed by atoms with Gasteiger partial charge in [-0.05, 0) is 17.7 Å². The number of phenolic OH excluding ortho intramolecular Hbond substituents is 1. The van der Waals surface area contributed by atoms with E-state index >= 15 is 0 Å². The van der Waals surface area contributed by atoms with Crippen LogP contribution in [0.15, 0.2) is 33.5 Å². The molecule has 3 aromatic rings. The van der Waals surface area contributed by atoms with Gasteiger partial charge in [-0.3, -0.25) is 4.79 Å². The molecule has 0 spiro atoms. The molecular weight excluding hydrogens is 396 g/mol. The second kappa shape index (κ2) is 8.24. The van der Waals surface area contributed by atoms with Crippen molar-refractivity contribution in [3.63, 3.8) is 0 Å². The van der Waals surface area contributed by atoms with Gasteiger partial charge in [-0.25, -0.2) is 4.79 Å². The summed E-state index contributed by atoms with van der Waals surface area (Å²) in [5.74, 6) is -1.20. The van der Waals surface area contributed by atoms with Crippen LogP contribution in [0.5, 0.6) is 28.7 Å². The predicted molar refractivity (Wildman–Crippen MR) is 107 cm³/mol. The molecule has 0 radical (unpaired) electrons. The molecule has 158 valence electrons. The molecule has 3 rings (SSSR count). The number of phenols is 1. The third-order valence-corrected chi connectivity index (χ3v) is 4.61. The fourth-order valence-corrected chi connectivity index (χ4v) is 3.34. The molecule has 0 fully saturated rings. The molecule has 9 heteroatoms. The zero-order valence-electron chi connectivity index (χ0n) is 16.8. The number of rotatable bonds is 7. The van der Waals surface area contributed by atoms with Crippen molar-refractivity contribution in [2.75, 3.05) is 28.4 Å². The van der Waals surface area contributed by atoms with E-state index in [2.05, 4.69) is 0 Å². The Morgan fingerprint density at radius 3 is 2.03 bits per heavy atom. The van der Waals surface area contributed by atoms with Gasteiger partial charge < -0.3 is 33.6 Å². The van der Waals surface area contributed by atoms with Gasteiger partial charge in [0.1, 0.15) is 5.75 Å². The van der Waals surface area contributed by atoms with Gasteiger partial charge in [0.15, 0.2) is 11.3 Å². The number of carboxylic acids is 1. The summed E-state index contributed by atoms with van der Waals surface area (Å²) in [6, 6.07) is 6.64. The SMILES string of the molecule is COc1ccc(-c2c(CC(=O)O)c(=O)oc3c(OC)c(OC)c(O)c(OC)c23)cc1. The topological polar surface area (TPSA) is 125 Å². The Balaban J connectivity index is 2.58. The van der Waals surface area contributed by atoms with Crippen molar-refractivity contribution in [3.05, 3.63) is 40.2 Å². The van der Waals surface area contributed by atoms with E-state index in [1.807, 2.05) is 0 Å². The highest BCUT2D eigenvalue weighted by atomic mass is 16.5. The van der Waals surface area contributed by atoms with E-state index in [4.69, 9.17) is 23.4 Å². The van der Waals surface area contributed by atoms with Crippen LogP contribution in [-0.4, -0.2) is 44.6 Å². The number of aromatic hydroxyl groups is 1. The van der Waals surface area contributed by atoms with Crippen molar-refractivity contribution in [1.29, 1.82) is 0 Å². The number of aliphatic carboxylic acids is 1. The molecule has 0 aliphatic carbocycles. The van der Waals surface area contributed by atoms with Crippen molar-refractivity contribution >= 4 is 16.9 Å². The number of fused-ring (bicyclic) bond motifs is 1. The first-order valence-corrected chi connectivity index (χ1v) is 8.74. The number of carbonyl (C=O) groups is 1. The summed E-state index contributed by atoms with van der Waals surface area (Å²) in [5, 5.41) is 20.2. The Morgan fingerprint density at radius 1 is 0.933 bits per heavy atom. The van der Waals surface area contributed by atoms with Crippen LogP contribution in [0.4, 0.5) is 0 Å². The first-order valence-electron chi connectivity index (χ1n) is 8.74. The second-order valence-electron chi connectivity index (χ2n) is 6.19. The summed E-state index contributed by atoms with van der Waals surface area (Å²) in [6.45, 7) is 0. The summed E-state index contributed by atoms with van der Waals surface area (Å²) in [4.78, 5) is 24.2. The monoisotopic (exact) mass is 416 g/mol. The van der Waals surface area contributed by atoms with Gasteiger partial charge in [-0.2, -0.15) is 0 Å². The van der Waals surface area contributed by atoms with Gasteiger partial charge in [0, 0.05) is 5.56 Å². The van der Waals surface area contributed by atoms with Crippen LogP contribution in [0.1, 0.15) is 5.56 Å². The minimum absolute atomic E-state index is 0.0282. The van der Waals surface area contributed by atoms with Gasteiger partial charge in [-0.1, -0.05) is 12.1 Å². The lowest BCUT2D eigenvalue weighted by Gasteiger charge is -2.19. The van der Waals surface area contributed by atoms with Crippen LogP contribution in [0, 0.1) is 0 Å². The largest absolute Gasteiger partial charge is 0.502 e. The summed E-state index contributed by atoms with van der Waals surface area (Å²) in [5.41, 5.74) is -0.280. The molecule has 0 aliphatic rings. The quantitative estimate of drug-likeness (QED) is 0.559. The summed E-state index contributed by atoms with van der Waals surface area (Å²) in [6.07, 6.45) is -0.599. The maximum Gasteiger partial charge on any atom is 0.340 e. The van der Waals surface area contributed by atoms with E-state index in [-0.39, 0.29) is 45.1 Å². The Hall–Kier alpha value is -3.88. The predicted octanol–water partition coefficient (Wildman–Crippen LogP) is 2.83. The van der Waals surface area contributed by atoms with E-state index in [1.165, 1.54) is 28.4 Å². The molecule has 0 saturated carbocycles. The fourth-order valence-electron chi connectivity index (χ4n) is 3.34. The Kier molecular flexibility index (Phi) is 5.72. The molecule has 30 heavy (non-hydrogen) atoms. The number of hydrogen-bond acceptors (Lipinski definition) is 8. The van der Waals surface area contributed by atoms with Gasteiger partial charge in [0.25, 0.3) is 0 Å². The first kappa shape index (κ1) is 20.8. The zero-order chi connectivity index (χ0) is 22.0. The van der Waals surface area contributed by atoms with Crippen LogP contribution >= 0.6 is 0 Å². The zero-order valence-corrected chi connectivity index (χ0v) is 16.8. The number of methoxy groups -OCH3 is 4. The molecule has 0 aliphatic heterocycles. The molecule has 0 atom stereocenters. The van der Waals surface area contributed by atoms with Crippen molar-refractivity contribution in [1.82, 2.24) is 0 Å². The molecular formula is C21H20O9. The van der Waals surface area contributed by atoms with Crippen LogP contribution in [-0.2, 0) is 11.2 Å². The van der Waals surface area contributed by atoms with Gasteiger partial charge in [-0.15, -0.1) is 0 Å². The standard InChI is InChI=1S/C21H20O9/c1-26-11-7-5-10(6-8-11)14-12(9-13(22)23)21(25)30-18-15(14)17(27-2)16(24)19(28-3)20(18)29-4/h5-8,24H,9H2,1-4H3,(H,22,23). The highest BCUT2D eigenvalue weighted by Crippen LogP contribution is 2.52. The van der Waals surface area contributed by atoms with Crippen molar-refractivity contribution in [2.24, 2.45) is 0 Å². The molecule has 0 bridgehead atoms. The van der Waals surface area contributed by atoms with Crippen LogP contribution in [0.2, 0.25) is 0 Å². The molecule has 2 aromatic carbocycles. The number of benzene rings is 2. The Bertz CT molecular complexity index is 1160. The molecule has 1 aromatic heterocycles. The fraction of sp³-hybridized carbons (Fsp3) is 0.238. The van der Waals surface area contributed by atoms with Crippen molar-refractivity contribution in [2.45, 2.75) is 6.42 Å². The molecule has 2 N–H and O–H groups in total. The smallest absolute Gasteiger partial charge is 0.340 e.